The van der Waals surface area contributed by atoms with Gasteiger partial charge in [0.15, 0.2) is 0 Å². The largest absolute Gasteiger partial charge is 0.379 e. The number of hydrogen-bond donors (Lipinski definition) is 2. The first-order valence-electron chi connectivity index (χ1n) is 4.87. The van der Waals surface area contributed by atoms with Gasteiger partial charge in [0.25, 0.3) is 0 Å². The van der Waals surface area contributed by atoms with Crippen LogP contribution in [0.3, 0.4) is 0 Å². The lowest BCUT2D eigenvalue weighted by Crippen LogP contribution is -2.32. The number of rotatable bonds is 8. The minimum atomic E-state index is -0.0864. The minimum absolute atomic E-state index is 0.0210. The molecule has 1 amide bonds. The second-order valence-electron chi connectivity index (χ2n) is 3.22. The van der Waals surface area contributed by atoms with Gasteiger partial charge < -0.3 is 15.8 Å². The monoisotopic (exact) mass is 200 g/mol. The van der Waals surface area contributed by atoms with Crippen LogP contribution in [0.1, 0.15) is 19.8 Å². The number of carbonyl (C=O) groups excluding carboxylic acids is 1. The maximum atomic E-state index is 11.1. The van der Waals surface area contributed by atoms with Crippen LogP contribution < -0.4 is 11.1 Å². The van der Waals surface area contributed by atoms with Gasteiger partial charge in [0.05, 0.1) is 13.2 Å². The highest BCUT2D eigenvalue weighted by Gasteiger charge is 2.02. The molecule has 0 fully saturated rings. The Morgan fingerprint density at radius 1 is 1.64 bits per heavy atom. The third-order valence-corrected chi connectivity index (χ3v) is 1.54. The van der Waals surface area contributed by atoms with Crippen LogP contribution in [0.15, 0.2) is 12.7 Å². The number of hydrogen-bond acceptors (Lipinski definition) is 3. The molecule has 0 aromatic rings. The summed E-state index contributed by atoms with van der Waals surface area (Å²) in [5, 5.41) is 2.72. The van der Waals surface area contributed by atoms with Crippen LogP contribution in [0.4, 0.5) is 0 Å². The smallest absolute Gasteiger partial charge is 0.221 e. The Kier molecular flexibility index (Phi) is 8.17. The molecule has 1 atom stereocenters. The molecule has 0 aliphatic rings. The zero-order valence-corrected chi connectivity index (χ0v) is 8.79. The predicted molar refractivity (Wildman–Crippen MR) is 56.9 cm³/mol. The van der Waals surface area contributed by atoms with Gasteiger partial charge in [0.2, 0.25) is 5.91 Å². The average Bonchev–Trinajstić information content (AvgIpc) is 2.10. The Morgan fingerprint density at radius 2 is 2.36 bits per heavy atom. The van der Waals surface area contributed by atoms with Crippen molar-refractivity contribution >= 4 is 5.91 Å². The predicted octanol–water partition coefficient (Wildman–Crippen LogP) is 0.433. The maximum Gasteiger partial charge on any atom is 0.221 e. The lowest BCUT2D eigenvalue weighted by molar-refractivity contribution is -0.121. The van der Waals surface area contributed by atoms with Gasteiger partial charge in [-0.2, -0.15) is 0 Å². The van der Waals surface area contributed by atoms with Crippen molar-refractivity contribution in [3.63, 3.8) is 0 Å². The van der Waals surface area contributed by atoms with Crippen molar-refractivity contribution in [3.05, 3.63) is 12.7 Å². The van der Waals surface area contributed by atoms with Crippen LogP contribution in [0.5, 0.6) is 0 Å². The highest BCUT2D eigenvalue weighted by atomic mass is 16.5. The maximum absolute atomic E-state index is 11.1. The number of nitrogens with two attached hydrogens (primary N) is 1. The fourth-order valence-electron chi connectivity index (χ4n) is 0.896. The average molecular weight is 200 g/mol. The third-order valence-electron chi connectivity index (χ3n) is 1.54. The molecule has 0 aliphatic carbocycles. The zero-order valence-electron chi connectivity index (χ0n) is 8.79. The summed E-state index contributed by atoms with van der Waals surface area (Å²) in [7, 11) is 0. The van der Waals surface area contributed by atoms with Crippen LogP contribution in [0.2, 0.25) is 0 Å². The first kappa shape index (κ1) is 13.1. The first-order valence-corrected chi connectivity index (χ1v) is 4.87. The summed E-state index contributed by atoms with van der Waals surface area (Å²) in [4.78, 5) is 11.1. The Hall–Kier alpha value is -0.870. The number of ether oxygens (including phenoxy) is 1. The van der Waals surface area contributed by atoms with Crippen molar-refractivity contribution in [2.45, 2.75) is 25.8 Å². The van der Waals surface area contributed by atoms with E-state index in [2.05, 4.69) is 11.9 Å². The quantitative estimate of drug-likeness (QED) is 0.441. The highest BCUT2D eigenvalue weighted by Crippen LogP contribution is 1.85. The summed E-state index contributed by atoms with van der Waals surface area (Å²) >= 11 is 0. The Morgan fingerprint density at radius 3 is 2.93 bits per heavy atom. The Labute approximate surface area is 85.5 Å². The lowest BCUT2D eigenvalue weighted by atomic mass is 10.2. The van der Waals surface area contributed by atoms with Gasteiger partial charge in [-0.05, 0) is 13.3 Å². The molecule has 0 aromatic carbocycles. The number of carbonyl (C=O) groups is 1. The molecular formula is C10H20N2O2. The normalized spacial score (nSPS) is 12.1. The van der Waals surface area contributed by atoms with Crippen LogP contribution in [0, 0.1) is 0 Å². The molecule has 4 nitrogen and oxygen atoms in total. The van der Waals surface area contributed by atoms with Crippen molar-refractivity contribution in [3.8, 4) is 0 Å². The van der Waals surface area contributed by atoms with Gasteiger partial charge in [0, 0.05) is 19.0 Å². The van der Waals surface area contributed by atoms with Gasteiger partial charge in [0.1, 0.15) is 0 Å². The minimum Gasteiger partial charge on any atom is -0.379 e. The second kappa shape index (κ2) is 8.72. The second-order valence-corrected chi connectivity index (χ2v) is 3.22. The molecule has 3 N–H and O–H groups in total. The summed E-state index contributed by atoms with van der Waals surface area (Å²) < 4.78 is 5.21. The van der Waals surface area contributed by atoms with E-state index in [0.29, 0.717) is 26.2 Å². The van der Waals surface area contributed by atoms with E-state index in [1.165, 1.54) is 0 Å². The van der Waals surface area contributed by atoms with Crippen LogP contribution >= 0.6 is 0 Å². The van der Waals surface area contributed by atoms with Crippen molar-refractivity contribution < 1.29 is 9.53 Å². The molecule has 0 saturated carbocycles. The molecular weight excluding hydrogens is 180 g/mol. The van der Waals surface area contributed by atoms with Gasteiger partial charge in [-0.3, -0.25) is 4.79 Å². The van der Waals surface area contributed by atoms with E-state index < -0.39 is 0 Å². The molecule has 0 heterocycles. The molecule has 14 heavy (non-hydrogen) atoms. The standard InChI is InChI=1S/C10H20N2O2/c1-3-4-6-14-7-5-12-10(13)8-9(2)11/h3,9H,1,4-8,11H2,2H3,(H,12,13). The van der Waals surface area contributed by atoms with E-state index in [1.807, 2.05) is 0 Å². The Balaban J connectivity index is 3.19. The lowest BCUT2D eigenvalue weighted by Gasteiger charge is -2.07. The van der Waals surface area contributed by atoms with Crippen molar-refractivity contribution in [1.29, 1.82) is 0 Å². The van der Waals surface area contributed by atoms with E-state index >= 15 is 0 Å². The van der Waals surface area contributed by atoms with Gasteiger partial charge in [-0.15, -0.1) is 6.58 Å². The summed E-state index contributed by atoms with van der Waals surface area (Å²) in [5.74, 6) is -0.0210. The molecule has 4 heteroatoms. The molecule has 82 valence electrons. The molecule has 0 aromatic heterocycles. The molecule has 0 saturated heterocycles. The molecule has 0 rings (SSSR count). The van der Waals surface area contributed by atoms with Crippen molar-refractivity contribution in [1.82, 2.24) is 5.32 Å². The van der Waals surface area contributed by atoms with E-state index in [9.17, 15) is 4.79 Å². The highest BCUT2D eigenvalue weighted by molar-refractivity contribution is 5.76. The van der Waals surface area contributed by atoms with E-state index in [-0.39, 0.29) is 11.9 Å². The molecule has 0 spiro atoms. The fourth-order valence-corrected chi connectivity index (χ4v) is 0.896. The number of amides is 1. The third kappa shape index (κ3) is 9.22. The summed E-state index contributed by atoms with van der Waals surface area (Å²) in [6.45, 7) is 7.13. The zero-order chi connectivity index (χ0) is 10.8. The van der Waals surface area contributed by atoms with E-state index in [0.717, 1.165) is 6.42 Å². The molecule has 0 aliphatic heterocycles. The van der Waals surface area contributed by atoms with Crippen LogP contribution in [-0.2, 0) is 9.53 Å². The molecule has 0 radical (unpaired) electrons. The number of nitrogens with one attached hydrogen (secondary N) is 1. The van der Waals surface area contributed by atoms with Gasteiger partial charge >= 0.3 is 0 Å². The van der Waals surface area contributed by atoms with E-state index in [1.54, 1.807) is 13.0 Å². The molecule has 0 bridgehead atoms. The summed E-state index contributed by atoms with van der Waals surface area (Å²) in [6, 6.07) is -0.0864. The first-order chi connectivity index (χ1) is 6.66. The SMILES string of the molecule is C=CCCOCCNC(=O)CC(C)N. The summed E-state index contributed by atoms with van der Waals surface area (Å²) in [5.41, 5.74) is 5.46. The fraction of sp³-hybridized carbons (Fsp3) is 0.700. The van der Waals surface area contributed by atoms with Crippen molar-refractivity contribution in [2.24, 2.45) is 5.73 Å². The van der Waals surface area contributed by atoms with Gasteiger partial charge in [-0.1, -0.05) is 6.08 Å². The van der Waals surface area contributed by atoms with Gasteiger partial charge in [-0.25, -0.2) is 0 Å². The van der Waals surface area contributed by atoms with Crippen LogP contribution in [-0.4, -0.2) is 31.7 Å². The van der Waals surface area contributed by atoms with E-state index in [4.69, 9.17) is 10.5 Å². The Bertz CT molecular complexity index is 170. The molecule has 1 unspecified atom stereocenters. The van der Waals surface area contributed by atoms with Crippen molar-refractivity contribution in [2.75, 3.05) is 19.8 Å². The van der Waals surface area contributed by atoms with Crippen LogP contribution in [0.25, 0.3) is 0 Å². The topological polar surface area (TPSA) is 64.3 Å². The summed E-state index contributed by atoms with van der Waals surface area (Å²) in [6.07, 6.45) is 3.01.